The zero-order valence-electron chi connectivity index (χ0n) is 10.9. The molecular weight excluding hydrogens is 232 g/mol. The van der Waals surface area contributed by atoms with Gasteiger partial charge >= 0.3 is 0 Å². The van der Waals surface area contributed by atoms with Crippen molar-refractivity contribution in [3.8, 4) is 0 Å². The smallest absolute Gasteiger partial charge is 0.237 e. The Morgan fingerprint density at radius 1 is 1.47 bits per heavy atom. The SMILES string of the molecule is CSC(C)CCN1C(=O)CNC1C1CCCC1. The highest BCUT2D eigenvalue weighted by molar-refractivity contribution is 7.99. The predicted octanol–water partition coefficient (Wildman–Crippen LogP) is 2.08. The number of carbonyl (C=O) groups is 1. The fraction of sp³-hybridized carbons (Fsp3) is 0.923. The predicted molar refractivity (Wildman–Crippen MR) is 73.1 cm³/mol. The van der Waals surface area contributed by atoms with Gasteiger partial charge in [-0.2, -0.15) is 11.8 Å². The Kier molecular flexibility index (Phi) is 4.74. The standard InChI is InChI=1S/C13H24N2OS/c1-10(17-2)7-8-15-12(16)9-14-13(15)11-5-3-4-6-11/h10-11,13-14H,3-9H2,1-2H3. The Morgan fingerprint density at radius 2 is 2.18 bits per heavy atom. The lowest BCUT2D eigenvalue weighted by molar-refractivity contribution is -0.128. The molecule has 1 N–H and O–H groups in total. The summed E-state index contributed by atoms with van der Waals surface area (Å²) in [6, 6.07) is 0. The zero-order chi connectivity index (χ0) is 12.3. The monoisotopic (exact) mass is 256 g/mol. The van der Waals surface area contributed by atoms with Crippen molar-refractivity contribution in [2.45, 2.75) is 50.4 Å². The van der Waals surface area contributed by atoms with Gasteiger partial charge in [-0.1, -0.05) is 19.8 Å². The minimum Gasteiger partial charge on any atom is -0.326 e. The fourth-order valence-electron chi connectivity index (χ4n) is 2.96. The van der Waals surface area contributed by atoms with E-state index in [1.54, 1.807) is 0 Å². The van der Waals surface area contributed by atoms with Crippen LogP contribution in [0.5, 0.6) is 0 Å². The molecule has 1 amide bonds. The molecule has 0 aromatic carbocycles. The Bertz CT molecular complexity index is 266. The van der Waals surface area contributed by atoms with Gasteiger partial charge in [0.15, 0.2) is 0 Å². The van der Waals surface area contributed by atoms with Gasteiger partial charge in [-0.05, 0) is 31.4 Å². The van der Waals surface area contributed by atoms with Crippen LogP contribution < -0.4 is 5.32 Å². The maximum atomic E-state index is 11.9. The number of nitrogens with one attached hydrogen (secondary N) is 1. The Hall–Kier alpha value is -0.220. The van der Waals surface area contributed by atoms with E-state index in [1.165, 1.54) is 25.7 Å². The maximum absolute atomic E-state index is 11.9. The molecular formula is C13H24N2OS. The topological polar surface area (TPSA) is 32.3 Å². The summed E-state index contributed by atoms with van der Waals surface area (Å²) in [4.78, 5) is 14.0. The van der Waals surface area contributed by atoms with E-state index >= 15 is 0 Å². The van der Waals surface area contributed by atoms with E-state index in [9.17, 15) is 4.79 Å². The number of hydrogen-bond acceptors (Lipinski definition) is 3. The third kappa shape index (κ3) is 3.16. The van der Waals surface area contributed by atoms with Crippen molar-refractivity contribution in [2.24, 2.45) is 5.92 Å². The Balaban J connectivity index is 1.89. The highest BCUT2D eigenvalue weighted by atomic mass is 32.2. The van der Waals surface area contributed by atoms with Gasteiger partial charge in [0.2, 0.25) is 5.91 Å². The molecule has 1 aliphatic carbocycles. The lowest BCUT2D eigenvalue weighted by Crippen LogP contribution is -2.43. The van der Waals surface area contributed by atoms with Crippen molar-refractivity contribution in [2.75, 3.05) is 19.3 Å². The van der Waals surface area contributed by atoms with Crippen LogP contribution in [0.2, 0.25) is 0 Å². The van der Waals surface area contributed by atoms with Crippen molar-refractivity contribution in [3.05, 3.63) is 0 Å². The summed E-state index contributed by atoms with van der Waals surface area (Å²) in [7, 11) is 0. The second-order valence-corrected chi connectivity index (χ2v) is 6.57. The molecule has 1 heterocycles. The molecule has 1 saturated carbocycles. The molecule has 4 heteroatoms. The van der Waals surface area contributed by atoms with Crippen LogP contribution in [0, 0.1) is 5.92 Å². The Morgan fingerprint density at radius 3 is 2.82 bits per heavy atom. The van der Waals surface area contributed by atoms with Crippen LogP contribution in [-0.4, -0.2) is 41.6 Å². The number of carbonyl (C=O) groups excluding carboxylic acids is 1. The quantitative estimate of drug-likeness (QED) is 0.817. The minimum absolute atomic E-state index is 0.301. The van der Waals surface area contributed by atoms with Crippen LogP contribution >= 0.6 is 11.8 Å². The summed E-state index contributed by atoms with van der Waals surface area (Å²) in [6.45, 7) is 3.72. The molecule has 3 nitrogen and oxygen atoms in total. The lowest BCUT2D eigenvalue weighted by Gasteiger charge is -2.29. The molecule has 1 aliphatic heterocycles. The molecule has 0 aromatic heterocycles. The van der Waals surface area contributed by atoms with Crippen LogP contribution in [0.15, 0.2) is 0 Å². The van der Waals surface area contributed by atoms with Gasteiger partial charge < -0.3 is 4.90 Å². The van der Waals surface area contributed by atoms with Crippen molar-refractivity contribution < 1.29 is 4.79 Å². The number of rotatable bonds is 5. The summed E-state index contributed by atoms with van der Waals surface area (Å²) in [5.74, 6) is 1.00. The van der Waals surface area contributed by atoms with E-state index in [2.05, 4.69) is 23.4 Å². The second kappa shape index (κ2) is 6.10. The van der Waals surface area contributed by atoms with Gasteiger partial charge in [0.1, 0.15) is 0 Å². The van der Waals surface area contributed by atoms with E-state index in [1.807, 2.05) is 11.8 Å². The molecule has 17 heavy (non-hydrogen) atoms. The second-order valence-electron chi connectivity index (χ2n) is 5.29. The summed E-state index contributed by atoms with van der Waals surface area (Å²) >= 11 is 1.88. The van der Waals surface area contributed by atoms with Gasteiger partial charge in [-0.25, -0.2) is 0 Å². The van der Waals surface area contributed by atoms with Gasteiger partial charge in [0, 0.05) is 11.8 Å². The number of hydrogen-bond donors (Lipinski definition) is 1. The molecule has 0 spiro atoms. The van der Waals surface area contributed by atoms with Gasteiger partial charge in [-0.15, -0.1) is 0 Å². The summed E-state index contributed by atoms with van der Waals surface area (Å²) in [5.41, 5.74) is 0. The first-order valence-corrected chi connectivity index (χ1v) is 8.07. The third-order valence-corrected chi connectivity index (χ3v) is 5.18. The molecule has 98 valence electrons. The van der Waals surface area contributed by atoms with Crippen molar-refractivity contribution in [1.29, 1.82) is 0 Å². The highest BCUT2D eigenvalue weighted by Gasteiger charge is 2.36. The largest absolute Gasteiger partial charge is 0.326 e. The molecule has 0 bridgehead atoms. The first-order chi connectivity index (χ1) is 8.22. The Labute approximate surface area is 109 Å². The molecule has 0 aromatic rings. The van der Waals surface area contributed by atoms with Crippen LogP contribution in [0.1, 0.15) is 39.0 Å². The molecule has 2 atom stereocenters. The molecule has 2 unspecified atom stereocenters. The minimum atomic E-state index is 0.301. The van der Waals surface area contributed by atoms with E-state index in [0.717, 1.165) is 13.0 Å². The lowest BCUT2D eigenvalue weighted by atomic mass is 10.0. The molecule has 2 aliphatic rings. The van der Waals surface area contributed by atoms with E-state index in [-0.39, 0.29) is 0 Å². The van der Waals surface area contributed by atoms with Crippen molar-refractivity contribution >= 4 is 17.7 Å². The summed E-state index contributed by atoms with van der Waals surface area (Å²) in [5, 5.41) is 4.06. The summed E-state index contributed by atoms with van der Waals surface area (Å²) in [6.07, 6.45) is 8.84. The van der Waals surface area contributed by atoms with Crippen LogP contribution in [0.25, 0.3) is 0 Å². The highest BCUT2D eigenvalue weighted by Crippen LogP contribution is 2.31. The zero-order valence-corrected chi connectivity index (χ0v) is 11.8. The molecule has 2 rings (SSSR count). The van der Waals surface area contributed by atoms with Crippen LogP contribution in [-0.2, 0) is 4.79 Å². The van der Waals surface area contributed by atoms with Crippen LogP contribution in [0.3, 0.4) is 0 Å². The average molecular weight is 256 g/mol. The van der Waals surface area contributed by atoms with E-state index in [0.29, 0.717) is 29.8 Å². The number of amides is 1. The number of thioether (sulfide) groups is 1. The van der Waals surface area contributed by atoms with Gasteiger partial charge in [-0.3, -0.25) is 10.1 Å². The van der Waals surface area contributed by atoms with Gasteiger partial charge in [0.25, 0.3) is 0 Å². The van der Waals surface area contributed by atoms with E-state index in [4.69, 9.17) is 0 Å². The third-order valence-electron chi connectivity index (χ3n) is 4.14. The van der Waals surface area contributed by atoms with E-state index < -0.39 is 0 Å². The van der Waals surface area contributed by atoms with Crippen molar-refractivity contribution in [3.63, 3.8) is 0 Å². The van der Waals surface area contributed by atoms with Gasteiger partial charge in [0.05, 0.1) is 12.7 Å². The number of nitrogens with zero attached hydrogens (tertiary/aromatic N) is 1. The first-order valence-electron chi connectivity index (χ1n) is 6.78. The molecule has 0 radical (unpaired) electrons. The van der Waals surface area contributed by atoms with Crippen LogP contribution in [0.4, 0.5) is 0 Å². The molecule has 2 fully saturated rings. The van der Waals surface area contributed by atoms with Crippen molar-refractivity contribution in [1.82, 2.24) is 10.2 Å². The normalized spacial score (nSPS) is 28.0. The molecule has 1 saturated heterocycles. The average Bonchev–Trinajstić information content (AvgIpc) is 2.95. The first kappa shape index (κ1) is 13.2. The summed E-state index contributed by atoms with van der Waals surface area (Å²) < 4.78 is 0. The fourth-order valence-corrected chi connectivity index (χ4v) is 3.30. The maximum Gasteiger partial charge on any atom is 0.237 e.